The number of pyridine rings is 1. The fraction of sp³-hybridized carbons (Fsp3) is 0.0769. The van der Waals surface area contributed by atoms with Gasteiger partial charge in [-0.25, -0.2) is 4.98 Å². The average Bonchev–Trinajstić information content (AvgIpc) is 2.50. The molecular weight excluding hydrogens is 347 g/mol. The van der Waals surface area contributed by atoms with Crippen LogP contribution < -0.4 is 15.3 Å². The second-order valence-corrected chi connectivity index (χ2v) is 5.03. The number of nitrogens with one attached hydrogen (secondary N) is 1. The molecule has 23 heavy (non-hydrogen) atoms. The lowest BCUT2D eigenvalue weighted by atomic mass is 10.2. The predicted molar refractivity (Wildman–Crippen MR) is 84.6 cm³/mol. The van der Waals surface area contributed by atoms with E-state index in [1.807, 2.05) is 0 Å². The summed E-state index contributed by atoms with van der Waals surface area (Å²) in [5, 5.41) is 27.1. The predicted octanol–water partition coefficient (Wildman–Crippen LogP) is 2.82. The van der Waals surface area contributed by atoms with Crippen LogP contribution in [-0.2, 0) is 0 Å². The minimum absolute atomic E-state index is 0.150. The summed E-state index contributed by atoms with van der Waals surface area (Å²) in [4.78, 5) is 14.0. The Kier molecular flexibility index (Phi) is 5.20. The van der Waals surface area contributed by atoms with E-state index in [-0.39, 0.29) is 16.6 Å². The molecule has 0 aliphatic rings. The van der Waals surface area contributed by atoms with Crippen molar-refractivity contribution >= 4 is 40.9 Å². The van der Waals surface area contributed by atoms with Crippen LogP contribution in [0.4, 0.5) is 11.5 Å². The van der Waals surface area contributed by atoms with Gasteiger partial charge in [0.15, 0.2) is 5.82 Å². The van der Waals surface area contributed by atoms with Gasteiger partial charge in [-0.15, -0.1) is 0 Å². The molecule has 0 aliphatic carbocycles. The third-order valence-corrected chi connectivity index (χ3v) is 3.16. The van der Waals surface area contributed by atoms with Crippen molar-refractivity contribution in [2.45, 2.75) is 0 Å². The van der Waals surface area contributed by atoms with Gasteiger partial charge in [0.1, 0.15) is 5.75 Å². The fourth-order valence-electron chi connectivity index (χ4n) is 1.63. The van der Waals surface area contributed by atoms with Gasteiger partial charge in [-0.05, 0) is 12.1 Å². The molecular formula is C13H9Cl2N4O4-. The molecule has 1 heterocycles. The summed E-state index contributed by atoms with van der Waals surface area (Å²) in [6.07, 6.45) is 2.65. The molecule has 10 heteroatoms. The molecule has 0 atom stereocenters. The van der Waals surface area contributed by atoms with Crippen LogP contribution in [0, 0.1) is 10.1 Å². The number of hydrazone groups is 1. The quantitative estimate of drug-likeness (QED) is 0.501. The van der Waals surface area contributed by atoms with Gasteiger partial charge in [0, 0.05) is 23.6 Å². The lowest BCUT2D eigenvalue weighted by Crippen LogP contribution is -2.02. The van der Waals surface area contributed by atoms with Gasteiger partial charge in [0.25, 0.3) is 5.69 Å². The number of hydrogen-bond acceptors (Lipinski definition) is 7. The normalized spacial score (nSPS) is 10.7. The van der Waals surface area contributed by atoms with E-state index in [4.69, 9.17) is 27.9 Å². The summed E-state index contributed by atoms with van der Waals surface area (Å²) >= 11 is 11.6. The van der Waals surface area contributed by atoms with Crippen LogP contribution in [0.25, 0.3) is 0 Å². The summed E-state index contributed by atoms with van der Waals surface area (Å²) in [6.45, 7) is 0. The maximum Gasteiger partial charge on any atom is 0.266 e. The molecule has 0 saturated carbocycles. The van der Waals surface area contributed by atoms with Crippen molar-refractivity contribution in [1.29, 1.82) is 0 Å². The largest absolute Gasteiger partial charge is 0.865 e. The Balaban J connectivity index is 2.25. The molecule has 1 aromatic carbocycles. The monoisotopic (exact) mass is 355 g/mol. The van der Waals surface area contributed by atoms with Crippen LogP contribution in [0.5, 0.6) is 11.5 Å². The van der Waals surface area contributed by atoms with Crippen molar-refractivity contribution in [2.24, 2.45) is 5.10 Å². The third kappa shape index (κ3) is 3.99. The molecule has 0 fully saturated rings. The second-order valence-electron chi connectivity index (χ2n) is 4.18. The Hall–Kier alpha value is -2.58. The summed E-state index contributed by atoms with van der Waals surface area (Å²) in [5.41, 5.74) is 2.26. The van der Waals surface area contributed by atoms with Gasteiger partial charge in [0.05, 0.1) is 28.3 Å². The molecule has 0 radical (unpaired) electrons. The number of nitro benzene ring substituents is 1. The van der Waals surface area contributed by atoms with E-state index >= 15 is 0 Å². The maximum atomic E-state index is 11.7. The highest BCUT2D eigenvalue weighted by Crippen LogP contribution is 2.34. The average molecular weight is 356 g/mol. The SMILES string of the molecule is COc1cc(/C=N\Nc2ncc(Cl)cc2Cl)cc([N+](=O)[O-])c1[O-]. The van der Waals surface area contributed by atoms with Crippen LogP contribution >= 0.6 is 23.2 Å². The molecule has 0 amide bonds. The van der Waals surface area contributed by atoms with Crippen molar-refractivity contribution in [1.82, 2.24) is 4.98 Å². The molecule has 120 valence electrons. The first-order valence-electron chi connectivity index (χ1n) is 6.06. The van der Waals surface area contributed by atoms with Crippen LogP contribution in [0.3, 0.4) is 0 Å². The van der Waals surface area contributed by atoms with Crippen LogP contribution in [0.2, 0.25) is 10.0 Å². The zero-order chi connectivity index (χ0) is 17.0. The van der Waals surface area contributed by atoms with Crippen molar-refractivity contribution in [3.05, 3.63) is 50.1 Å². The van der Waals surface area contributed by atoms with Gasteiger partial charge in [0.2, 0.25) is 0 Å². The number of halogens is 2. The molecule has 1 aromatic heterocycles. The molecule has 1 N–H and O–H groups in total. The number of ether oxygens (including phenoxy) is 1. The fourth-order valence-corrected chi connectivity index (χ4v) is 2.06. The molecule has 0 saturated heterocycles. The number of benzene rings is 1. The molecule has 2 rings (SSSR count). The molecule has 0 aliphatic heterocycles. The first-order chi connectivity index (χ1) is 10.9. The minimum Gasteiger partial charge on any atom is -0.865 e. The minimum atomic E-state index is -0.801. The summed E-state index contributed by atoms with van der Waals surface area (Å²) in [7, 11) is 1.25. The number of nitro groups is 1. The van der Waals surface area contributed by atoms with Crippen molar-refractivity contribution in [3.8, 4) is 11.5 Å². The topological polar surface area (TPSA) is 113 Å². The first-order valence-corrected chi connectivity index (χ1v) is 6.81. The Labute approximate surface area is 140 Å². The van der Waals surface area contributed by atoms with E-state index in [1.165, 1.54) is 31.7 Å². The van der Waals surface area contributed by atoms with Gasteiger partial charge in [-0.2, -0.15) is 5.10 Å². The van der Waals surface area contributed by atoms with Crippen LogP contribution in [-0.4, -0.2) is 23.2 Å². The molecule has 0 unspecified atom stereocenters. The van der Waals surface area contributed by atoms with Gasteiger partial charge < -0.3 is 9.84 Å². The number of aromatic nitrogens is 1. The van der Waals surface area contributed by atoms with Crippen molar-refractivity contribution in [3.63, 3.8) is 0 Å². The molecule has 8 nitrogen and oxygen atoms in total. The summed E-state index contributed by atoms with van der Waals surface area (Å²) in [6, 6.07) is 3.90. The zero-order valence-electron chi connectivity index (χ0n) is 11.6. The number of anilines is 1. The van der Waals surface area contributed by atoms with Crippen molar-refractivity contribution < 1.29 is 14.8 Å². The number of rotatable bonds is 5. The van der Waals surface area contributed by atoms with Crippen LogP contribution in [0.15, 0.2) is 29.5 Å². The Morgan fingerprint density at radius 3 is 2.74 bits per heavy atom. The second kappa shape index (κ2) is 7.12. The van der Waals surface area contributed by atoms with Crippen molar-refractivity contribution in [2.75, 3.05) is 12.5 Å². The number of hydrogen-bond donors (Lipinski definition) is 1. The summed E-state index contributed by atoms with van der Waals surface area (Å²) < 4.78 is 4.83. The standard InChI is InChI=1S/C13H10Cl2N4O4/c1-23-11-3-7(2-10(12(11)20)19(21)22)5-17-18-13-9(15)4-8(14)6-16-13/h2-6,20H,1H3,(H,16,18)/p-1/b17-5-. The van der Waals surface area contributed by atoms with Crippen LogP contribution in [0.1, 0.15) is 5.56 Å². The van der Waals surface area contributed by atoms with E-state index in [9.17, 15) is 15.2 Å². The number of methoxy groups -OCH3 is 1. The van der Waals surface area contributed by atoms with E-state index in [0.717, 1.165) is 6.07 Å². The highest BCUT2D eigenvalue weighted by molar-refractivity contribution is 6.35. The lowest BCUT2D eigenvalue weighted by Gasteiger charge is -2.13. The highest BCUT2D eigenvalue weighted by atomic mass is 35.5. The van der Waals surface area contributed by atoms with E-state index in [1.54, 1.807) is 0 Å². The van der Waals surface area contributed by atoms with Gasteiger partial charge >= 0.3 is 0 Å². The lowest BCUT2D eigenvalue weighted by molar-refractivity contribution is -0.398. The van der Waals surface area contributed by atoms with Gasteiger partial charge in [-0.1, -0.05) is 23.2 Å². The Morgan fingerprint density at radius 1 is 1.39 bits per heavy atom. The molecule has 2 aromatic rings. The Morgan fingerprint density at radius 2 is 2.13 bits per heavy atom. The maximum absolute atomic E-state index is 11.7. The highest BCUT2D eigenvalue weighted by Gasteiger charge is 2.12. The third-order valence-electron chi connectivity index (χ3n) is 2.67. The smallest absolute Gasteiger partial charge is 0.266 e. The molecule has 0 bridgehead atoms. The van der Waals surface area contributed by atoms with E-state index in [2.05, 4.69) is 15.5 Å². The molecule has 0 spiro atoms. The van der Waals surface area contributed by atoms with E-state index < -0.39 is 16.4 Å². The number of nitrogens with zero attached hydrogens (tertiary/aromatic N) is 3. The Bertz CT molecular complexity index is 783. The zero-order valence-corrected chi connectivity index (χ0v) is 13.1. The van der Waals surface area contributed by atoms with Gasteiger partial charge in [-0.3, -0.25) is 15.5 Å². The summed E-state index contributed by atoms with van der Waals surface area (Å²) in [5.74, 6) is -0.692. The first kappa shape index (κ1) is 16.8. The van der Waals surface area contributed by atoms with E-state index in [0.29, 0.717) is 10.6 Å².